The van der Waals surface area contributed by atoms with Crippen LogP contribution < -0.4 is 0 Å². The lowest BCUT2D eigenvalue weighted by molar-refractivity contribution is 0.0697. The van der Waals surface area contributed by atoms with Gasteiger partial charge in [-0.1, -0.05) is 6.07 Å². The maximum atomic E-state index is 11.1. The number of hydrogen-bond acceptors (Lipinski definition) is 3. The molecule has 0 amide bonds. The number of H-pyrrole nitrogens is 1. The summed E-state index contributed by atoms with van der Waals surface area (Å²) in [6.45, 7) is 0. The number of carboxylic acids is 1. The Balaban J connectivity index is 1.75. The smallest absolute Gasteiger partial charge is 0.335 e. The SMILES string of the molecule is Cn1ncc2cc(Cc3[nH]nc4ccc(C(=O)O)cc34)ccc21. The van der Waals surface area contributed by atoms with Gasteiger partial charge in [0, 0.05) is 29.9 Å². The maximum absolute atomic E-state index is 11.1. The molecule has 0 bridgehead atoms. The van der Waals surface area contributed by atoms with Gasteiger partial charge in [0.05, 0.1) is 22.8 Å². The molecule has 0 saturated heterocycles. The predicted octanol–water partition coefficient (Wildman–Crippen LogP) is 2.74. The van der Waals surface area contributed by atoms with Crippen LogP contribution >= 0.6 is 0 Å². The first-order chi connectivity index (χ1) is 11.1. The predicted molar refractivity (Wildman–Crippen MR) is 86.6 cm³/mol. The minimum absolute atomic E-state index is 0.267. The number of aryl methyl sites for hydroxylation is 1. The maximum Gasteiger partial charge on any atom is 0.335 e. The molecular formula is C17H14N4O2. The number of nitrogens with one attached hydrogen (secondary N) is 1. The molecule has 4 aromatic rings. The molecule has 0 aliphatic heterocycles. The number of hydrogen-bond donors (Lipinski definition) is 2. The van der Waals surface area contributed by atoms with E-state index in [-0.39, 0.29) is 5.56 Å². The highest BCUT2D eigenvalue weighted by Crippen LogP contribution is 2.22. The van der Waals surface area contributed by atoms with Gasteiger partial charge in [0.1, 0.15) is 0 Å². The summed E-state index contributed by atoms with van der Waals surface area (Å²) in [5.74, 6) is -0.934. The van der Waals surface area contributed by atoms with Crippen molar-refractivity contribution in [2.75, 3.05) is 0 Å². The van der Waals surface area contributed by atoms with Gasteiger partial charge in [-0.05, 0) is 35.9 Å². The van der Waals surface area contributed by atoms with Gasteiger partial charge in [-0.25, -0.2) is 4.79 Å². The molecule has 6 heteroatoms. The molecule has 114 valence electrons. The first-order valence-electron chi connectivity index (χ1n) is 7.23. The highest BCUT2D eigenvalue weighted by atomic mass is 16.4. The number of aromatic amines is 1. The number of fused-ring (bicyclic) bond motifs is 2. The molecule has 2 aromatic carbocycles. The molecule has 0 radical (unpaired) electrons. The van der Waals surface area contributed by atoms with Gasteiger partial charge < -0.3 is 5.11 Å². The van der Waals surface area contributed by atoms with Crippen LogP contribution in [0.15, 0.2) is 42.6 Å². The Kier molecular flexibility index (Phi) is 2.90. The first-order valence-corrected chi connectivity index (χ1v) is 7.23. The number of carbonyl (C=O) groups is 1. The molecule has 0 fully saturated rings. The standard InChI is InChI=1S/C17H14N4O2/c1-21-16-5-2-10(6-12(16)9-18-21)7-15-13-8-11(17(22)23)3-4-14(13)19-20-15/h2-6,8-9H,7H2,1H3,(H,19,20)(H,22,23). The second kappa shape index (κ2) is 4.95. The van der Waals surface area contributed by atoms with Crippen molar-refractivity contribution < 1.29 is 9.90 Å². The van der Waals surface area contributed by atoms with E-state index in [9.17, 15) is 4.79 Å². The van der Waals surface area contributed by atoms with Crippen LogP contribution in [0, 0.1) is 0 Å². The molecule has 6 nitrogen and oxygen atoms in total. The van der Waals surface area contributed by atoms with Crippen LogP contribution in [0.1, 0.15) is 21.6 Å². The van der Waals surface area contributed by atoms with Crippen molar-refractivity contribution in [3.63, 3.8) is 0 Å². The van der Waals surface area contributed by atoms with Crippen molar-refractivity contribution in [2.24, 2.45) is 7.05 Å². The zero-order valence-corrected chi connectivity index (χ0v) is 12.4. The summed E-state index contributed by atoms with van der Waals surface area (Å²) in [4.78, 5) is 11.1. The van der Waals surface area contributed by atoms with Gasteiger partial charge >= 0.3 is 5.97 Å². The van der Waals surface area contributed by atoms with Gasteiger partial charge in [-0.2, -0.15) is 10.2 Å². The van der Waals surface area contributed by atoms with Crippen LogP contribution in [-0.2, 0) is 13.5 Å². The van der Waals surface area contributed by atoms with Crippen molar-refractivity contribution in [2.45, 2.75) is 6.42 Å². The van der Waals surface area contributed by atoms with E-state index in [2.05, 4.69) is 27.4 Å². The van der Waals surface area contributed by atoms with Gasteiger partial charge in [-0.15, -0.1) is 0 Å². The van der Waals surface area contributed by atoms with Crippen LogP contribution in [0.25, 0.3) is 21.8 Å². The average molecular weight is 306 g/mol. The van der Waals surface area contributed by atoms with Crippen molar-refractivity contribution in [3.8, 4) is 0 Å². The summed E-state index contributed by atoms with van der Waals surface area (Å²) in [6.07, 6.45) is 2.50. The second-order valence-electron chi connectivity index (χ2n) is 5.58. The number of nitrogens with zero attached hydrogens (tertiary/aromatic N) is 3. The largest absolute Gasteiger partial charge is 0.478 e. The summed E-state index contributed by atoms with van der Waals surface area (Å²) in [5.41, 5.74) is 4.15. The Morgan fingerprint density at radius 2 is 2.13 bits per heavy atom. The zero-order chi connectivity index (χ0) is 16.0. The zero-order valence-electron chi connectivity index (χ0n) is 12.4. The molecule has 0 atom stereocenters. The summed E-state index contributed by atoms with van der Waals surface area (Å²) in [6, 6.07) is 11.1. The molecule has 0 aliphatic rings. The monoisotopic (exact) mass is 306 g/mol. The molecule has 0 saturated carbocycles. The summed E-state index contributed by atoms with van der Waals surface area (Å²) in [5, 5.41) is 22.6. The van der Waals surface area contributed by atoms with Crippen molar-refractivity contribution >= 4 is 27.8 Å². The van der Waals surface area contributed by atoms with E-state index in [0.29, 0.717) is 6.42 Å². The van der Waals surface area contributed by atoms with Crippen molar-refractivity contribution in [1.82, 2.24) is 20.0 Å². The fourth-order valence-corrected chi connectivity index (χ4v) is 2.86. The van der Waals surface area contributed by atoms with Crippen LogP contribution in [0.5, 0.6) is 0 Å². The number of benzene rings is 2. The quantitative estimate of drug-likeness (QED) is 0.609. The number of carboxylic acid groups (broad SMARTS) is 1. The minimum Gasteiger partial charge on any atom is -0.478 e. The second-order valence-corrected chi connectivity index (χ2v) is 5.58. The number of aromatic carboxylic acids is 1. The van der Waals surface area contributed by atoms with Gasteiger partial charge in [0.15, 0.2) is 0 Å². The third-order valence-corrected chi connectivity index (χ3v) is 4.07. The Hall–Kier alpha value is -3.15. The lowest BCUT2D eigenvalue weighted by Gasteiger charge is -2.02. The summed E-state index contributed by atoms with van der Waals surface area (Å²) in [7, 11) is 1.91. The highest BCUT2D eigenvalue weighted by Gasteiger charge is 2.11. The van der Waals surface area contributed by atoms with Gasteiger partial charge in [0.2, 0.25) is 0 Å². The molecule has 4 rings (SSSR count). The molecule has 2 heterocycles. The molecule has 2 N–H and O–H groups in total. The average Bonchev–Trinajstić information content (AvgIpc) is 3.11. The van der Waals surface area contributed by atoms with E-state index < -0.39 is 5.97 Å². The Morgan fingerprint density at radius 3 is 2.96 bits per heavy atom. The first kappa shape index (κ1) is 13.5. The van der Waals surface area contributed by atoms with E-state index >= 15 is 0 Å². The molecular weight excluding hydrogens is 292 g/mol. The summed E-state index contributed by atoms with van der Waals surface area (Å²) < 4.78 is 1.84. The van der Waals surface area contributed by atoms with Crippen LogP contribution in [0.4, 0.5) is 0 Å². The topological polar surface area (TPSA) is 83.8 Å². The Morgan fingerprint density at radius 1 is 1.26 bits per heavy atom. The van der Waals surface area contributed by atoms with E-state index in [1.807, 2.05) is 24.0 Å². The van der Waals surface area contributed by atoms with Crippen molar-refractivity contribution in [1.29, 1.82) is 0 Å². The van der Waals surface area contributed by atoms with E-state index in [0.717, 1.165) is 33.1 Å². The fourth-order valence-electron chi connectivity index (χ4n) is 2.86. The van der Waals surface area contributed by atoms with Crippen LogP contribution in [0.2, 0.25) is 0 Å². The molecule has 0 aliphatic carbocycles. The minimum atomic E-state index is -0.934. The third-order valence-electron chi connectivity index (χ3n) is 4.07. The summed E-state index contributed by atoms with van der Waals surface area (Å²) >= 11 is 0. The van der Waals surface area contributed by atoms with E-state index in [1.165, 1.54) is 0 Å². The van der Waals surface area contributed by atoms with E-state index in [4.69, 9.17) is 5.11 Å². The van der Waals surface area contributed by atoms with E-state index in [1.54, 1.807) is 18.2 Å². The Labute approximate surface area is 131 Å². The van der Waals surface area contributed by atoms with Gasteiger partial charge in [-0.3, -0.25) is 9.78 Å². The van der Waals surface area contributed by atoms with Crippen LogP contribution in [-0.4, -0.2) is 31.1 Å². The normalized spacial score (nSPS) is 11.3. The Bertz CT molecular complexity index is 1050. The fraction of sp³-hybridized carbons (Fsp3) is 0.118. The molecule has 0 unspecified atom stereocenters. The van der Waals surface area contributed by atoms with Crippen LogP contribution in [0.3, 0.4) is 0 Å². The number of rotatable bonds is 3. The lowest BCUT2D eigenvalue weighted by Crippen LogP contribution is -1.96. The lowest BCUT2D eigenvalue weighted by atomic mass is 10.0. The molecule has 23 heavy (non-hydrogen) atoms. The third kappa shape index (κ3) is 2.24. The number of aromatic nitrogens is 4. The highest BCUT2D eigenvalue weighted by molar-refractivity contribution is 5.94. The van der Waals surface area contributed by atoms with Crippen molar-refractivity contribution in [3.05, 3.63) is 59.4 Å². The molecule has 2 aromatic heterocycles. The van der Waals surface area contributed by atoms with Gasteiger partial charge in [0.25, 0.3) is 0 Å². The molecule has 0 spiro atoms.